The van der Waals surface area contributed by atoms with E-state index in [0.29, 0.717) is 12.8 Å². The highest BCUT2D eigenvalue weighted by atomic mass is 35.5. The maximum atomic E-state index is 14.2. The number of nitrogens with one attached hydrogen (secondary N) is 1. The molecular formula is C32H40ClN3O5S. The molecule has 0 aliphatic rings. The van der Waals surface area contributed by atoms with Gasteiger partial charge < -0.3 is 15.0 Å². The van der Waals surface area contributed by atoms with Crippen LogP contribution in [0.15, 0.2) is 77.7 Å². The molecule has 0 radical (unpaired) electrons. The molecule has 3 aromatic rings. The summed E-state index contributed by atoms with van der Waals surface area (Å²) in [6, 6.07) is 19.8. The Bertz CT molecular complexity index is 1450. The molecule has 226 valence electrons. The summed E-state index contributed by atoms with van der Waals surface area (Å²) in [6.45, 7) is 7.23. The molecule has 42 heavy (non-hydrogen) atoms. The highest BCUT2D eigenvalue weighted by molar-refractivity contribution is 7.92. The average Bonchev–Trinajstić information content (AvgIpc) is 2.98. The van der Waals surface area contributed by atoms with Gasteiger partial charge in [-0.25, -0.2) is 8.42 Å². The van der Waals surface area contributed by atoms with E-state index in [1.165, 1.54) is 30.2 Å². The van der Waals surface area contributed by atoms with Crippen LogP contribution in [-0.2, 0) is 26.0 Å². The van der Waals surface area contributed by atoms with Gasteiger partial charge in [0.1, 0.15) is 18.3 Å². The average molecular weight is 614 g/mol. The highest BCUT2D eigenvalue weighted by Gasteiger charge is 2.35. The summed E-state index contributed by atoms with van der Waals surface area (Å²) >= 11 is 6.30. The molecule has 0 unspecified atom stereocenters. The van der Waals surface area contributed by atoms with Crippen molar-refractivity contribution in [2.24, 2.45) is 0 Å². The molecule has 2 atom stereocenters. The maximum absolute atomic E-state index is 14.2. The third kappa shape index (κ3) is 8.26. The van der Waals surface area contributed by atoms with Crippen molar-refractivity contribution < 1.29 is 22.7 Å². The second kappa shape index (κ2) is 15.1. The Labute approximate surface area is 254 Å². The van der Waals surface area contributed by atoms with Gasteiger partial charge in [0.15, 0.2) is 0 Å². The summed E-state index contributed by atoms with van der Waals surface area (Å²) in [5.41, 5.74) is 2.01. The fourth-order valence-electron chi connectivity index (χ4n) is 4.55. The Kier molecular flexibility index (Phi) is 11.8. The van der Waals surface area contributed by atoms with Crippen LogP contribution >= 0.6 is 11.6 Å². The van der Waals surface area contributed by atoms with Crippen LogP contribution in [0.5, 0.6) is 5.75 Å². The second-order valence-corrected chi connectivity index (χ2v) is 12.5. The Morgan fingerprint density at radius 3 is 2.24 bits per heavy atom. The van der Waals surface area contributed by atoms with Gasteiger partial charge in [-0.2, -0.15) is 0 Å². The summed E-state index contributed by atoms with van der Waals surface area (Å²) < 4.78 is 34.7. The van der Waals surface area contributed by atoms with Crippen molar-refractivity contribution in [2.45, 2.75) is 63.9 Å². The molecule has 10 heteroatoms. The van der Waals surface area contributed by atoms with Gasteiger partial charge in [-0.3, -0.25) is 13.9 Å². The zero-order chi connectivity index (χ0) is 30.9. The Morgan fingerprint density at radius 1 is 0.976 bits per heavy atom. The Hall–Kier alpha value is -3.56. The SMILES string of the molecule is CC[C@H](C(=O)N[C@@H](C)CC)N(CCc1ccccc1)C(=O)CN(c1cc(Cl)ccc1OC)S(=O)(=O)c1ccc(C)cc1. The molecule has 0 saturated heterocycles. The van der Waals surface area contributed by atoms with Gasteiger partial charge in [0, 0.05) is 17.6 Å². The number of rotatable bonds is 14. The maximum Gasteiger partial charge on any atom is 0.264 e. The zero-order valence-corrected chi connectivity index (χ0v) is 26.4. The first-order valence-electron chi connectivity index (χ1n) is 14.1. The summed E-state index contributed by atoms with van der Waals surface area (Å²) in [4.78, 5) is 29.1. The number of benzene rings is 3. The van der Waals surface area contributed by atoms with E-state index < -0.39 is 28.5 Å². The van der Waals surface area contributed by atoms with Crippen LogP contribution in [0.25, 0.3) is 0 Å². The number of amides is 2. The number of carbonyl (C=O) groups is 2. The molecule has 0 aliphatic heterocycles. The highest BCUT2D eigenvalue weighted by Crippen LogP contribution is 2.35. The van der Waals surface area contributed by atoms with E-state index in [2.05, 4.69) is 5.32 Å². The van der Waals surface area contributed by atoms with Gasteiger partial charge in [-0.15, -0.1) is 0 Å². The molecule has 0 spiro atoms. The van der Waals surface area contributed by atoms with Crippen molar-refractivity contribution in [3.8, 4) is 5.75 Å². The van der Waals surface area contributed by atoms with Gasteiger partial charge in [-0.1, -0.05) is 73.5 Å². The number of hydrogen-bond donors (Lipinski definition) is 1. The van der Waals surface area contributed by atoms with Crippen molar-refractivity contribution in [2.75, 3.05) is 24.5 Å². The summed E-state index contributed by atoms with van der Waals surface area (Å²) in [7, 11) is -2.82. The minimum Gasteiger partial charge on any atom is -0.495 e. The number of ether oxygens (including phenoxy) is 1. The fraction of sp³-hybridized carbons (Fsp3) is 0.375. The molecular weight excluding hydrogens is 574 g/mol. The molecule has 1 N–H and O–H groups in total. The quantitative estimate of drug-likeness (QED) is 0.255. The largest absolute Gasteiger partial charge is 0.495 e. The lowest BCUT2D eigenvalue weighted by molar-refractivity contribution is -0.139. The van der Waals surface area contributed by atoms with Crippen molar-refractivity contribution in [1.29, 1.82) is 0 Å². The summed E-state index contributed by atoms with van der Waals surface area (Å²) in [6.07, 6.45) is 1.58. The van der Waals surface area contributed by atoms with Crippen molar-refractivity contribution in [3.05, 3.63) is 88.9 Å². The van der Waals surface area contributed by atoms with Crippen LogP contribution in [0.4, 0.5) is 5.69 Å². The summed E-state index contributed by atoms with van der Waals surface area (Å²) in [5, 5.41) is 3.26. The summed E-state index contributed by atoms with van der Waals surface area (Å²) in [5.74, 6) is -0.559. The predicted octanol–water partition coefficient (Wildman–Crippen LogP) is 5.62. The molecule has 0 aromatic heterocycles. The van der Waals surface area contributed by atoms with E-state index in [0.717, 1.165) is 21.9 Å². The first-order valence-corrected chi connectivity index (χ1v) is 15.9. The van der Waals surface area contributed by atoms with Gasteiger partial charge in [-0.05, 0) is 69.0 Å². The third-order valence-corrected chi connectivity index (χ3v) is 9.18. The third-order valence-electron chi connectivity index (χ3n) is 7.17. The van der Waals surface area contributed by atoms with Crippen molar-refractivity contribution in [1.82, 2.24) is 10.2 Å². The Balaban J connectivity index is 2.08. The van der Waals surface area contributed by atoms with E-state index in [-0.39, 0.29) is 39.8 Å². The van der Waals surface area contributed by atoms with Crippen LogP contribution in [0.3, 0.4) is 0 Å². The van der Waals surface area contributed by atoms with Gasteiger partial charge in [0.25, 0.3) is 10.0 Å². The van der Waals surface area contributed by atoms with Crippen LogP contribution in [-0.4, -0.2) is 57.4 Å². The van der Waals surface area contributed by atoms with E-state index >= 15 is 0 Å². The minimum absolute atomic E-state index is 0.0142. The number of sulfonamides is 1. The van der Waals surface area contributed by atoms with Crippen LogP contribution in [0, 0.1) is 6.92 Å². The smallest absolute Gasteiger partial charge is 0.264 e. The molecule has 0 heterocycles. The lowest BCUT2D eigenvalue weighted by Crippen LogP contribution is -2.54. The van der Waals surface area contributed by atoms with E-state index in [1.54, 1.807) is 24.3 Å². The number of nitrogens with zero attached hydrogens (tertiary/aromatic N) is 2. The topological polar surface area (TPSA) is 96.0 Å². The molecule has 0 saturated carbocycles. The van der Waals surface area contributed by atoms with E-state index in [1.807, 2.05) is 58.0 Å². The number of hydrogen-bond acceptors (Lipinski definition) is 5. The number of methoxy groups -OCH3 is 1. The fourth-order valence-corrected chi connectivity index (χ4v) is 6.13. The Morgan fingerprint density at radius 2 is 1.64 bits per heavy atom. The first kappa shape index (κ1) is 32.9. The number of anilines is 1. The molecule has 0 fully saturated rings. The van der Waals surface area contributed by atoms with Crippen molar-refractivity contribution >= 4 is 39.1 Å². The minimum atomic E-state index is -4.24. The molecule has 0 bridgehead atoms. The monoisotopic (exact) mass is 613 g/mol. The van der Waals surface area contributed by atoms with Crippen LogP contribution < -0.4 is 14.4 Å². The molecule has 3 rings (SSSR count). The second-order valence-electron chi connectivity index (χ2n) is 10.2. The van der Waals surface area contributed by atoms with Gasteiger partial charge in [0.05, 0.1) is 17.7 Å². The van der Waals surface area contributed by atoms with E-state index in [4.69, 9.17) is 16.3 Å². The van der Waals surface area contributed by atoms with Gasteiger partial charge >= 0.3 is 0 Å². The van der Waals surface area contributed by atoms with E-state index in [9.17, 15) is 18.0 Å². The number of halogens is 1. The first-order chi connectivity index (χ1) is 20.0. The molecule has 8 nitrogen and oxygen atoms in total. The number of aryl methyl sites for hydroxylation is 1. The van der Waals surface area contributed by atoms with Gasteiger partial charge in [0.2, 0.25) is 11.8 Å². The van der Waals surface area contributed by atoms with Crippen LogP contribution in [0.1, 0.15) is 44.7 Å². The molecule has 3 aromatic carbocycles. The van der Waals surface area contributed by atoms with Crippen molar-refractivity contribution in [3.63, 3.8) is 0 Å². The number of carbonyl (C=O) groups excluding carboxylic acids is 2. The lowest BCUT2D eigenvalue weighted by Gasteiger charge is -2.34. The standard InChI is InChI=1S/C32H40ClN3O5S/c1-6-24(4)34-32(38)28(7-2)35(20-19-25-11-9-8-10-12-25)31(37)22-36(29-21-26(33)15-18-30(29)41-5)42(39,40)27-16-13-23(3)14-17-27/h8-18,21,24,28H,6-7,19-20,22H2,1-5H3,(H,34,38)/t24-,28+/m0/s1. The molecule has 2 amide bonds. The predicted molar refractivity (Wildman–Crippen MR) is 168 cm³/mol. The normalized spacial score (nSPS) is 12.7. The molecule has 0 aliphatic carbocycles. The zero-order valence-electron chi connectivity index (χ0n) is 24.8. The lowest BCUT2D eigenvalue weighted by atomic mass is 10.1. The van der Waals surface area contributed by atoms with Crippen LogP contribution in [0.2, 0.25) is 5.02 Å².